The van der Waals surface area contributed by atoms with Crippen LogP contribution in [0.2, 0.25) is 5.02 Å². The Labute approximate surface area is 251 Å². The molecule has 1 aromatic carbocycles. The summed E-state index contributed by atoms with van der Waals surface area (Å²) in [5.74, 6) is 1.40. The molecule has 1 aliphatic carbocycles. The lowest BCUT2D eigenvalue weighted by Crippen LogP contribution is -2.49. The molecule has 2 aliphatic rings. The smallest absolute Gasteiger partial charge is 0.233 e. The van der Waals surface area contributed by atoms with Gasteiger partial charge in [-0.3, -0.25) is 14.2 Å². The molecule has 3 heterocycles. The van der Waals surface area contributed by atoms with Crippen LogP contribution < -0.4 is 14.9 Å². The monoisotopic (exact) mass is 616 g/mol. The molecule has 3 N–H and O–H groups in total. The minimum atomic E-state index is -3.51. The quantitative estimate of drug-likeness (QED) is 0.289. The van der Waals surface area contributed by atoms with Crippen molar-refractivity contribution in [2.45, 2.75) is 38.3 Å². The Morgan fingerprint density at radius 3 is 2.62 bits per heavy atom. The number of aliphatic hydroxyl groups is 1. The van der Waals surface area contributed by atoms with Crippen LogP contribution in [0.4, 0.5) is 23.3 Å². The van der Waals surface area contributed by atoms with Crippen LogP contribution in [-0.2, 0) is 34.1 Å². The molecule has 2 unspecified atom stereocenters. The third-order valence-electron chi connectivity index (χ3n) is 7.99. The lowest BCUT2D eigenvalue weighted by molar-refractivity contribution is -0.0154. The van der Waals surface area contributed by atoms with Gasteiger partial charge in [0, 0.05) is 44.3 Å². The number of nitrogens with zero attached hydrogens (tertiary/aromatic N) is 6. The number of halogens is 1. The molecule has 0 bridgehead atoms. The highest BCUT2D eigenvalue weighted by Crippen LogP contribution is 2.31. The topological polar surface area (TPSA) is 146 Å². The van der Waals surface area contributed by atoms with Gasteiger partial charge in [0.1, 0.15) is 10.7 Å². The molecular weight excluding hydrogens is 580 g/mol. The zero-order valence-corrected chi connectivity index (χ0v) is 25.4. The van der Waals surface area contributed by atoms with E-state index in [-0.39, 0.29) is 25.0 Å². The predicted molar refractivity (Wildman–Crippen MR) is 163 cm³/mol. The molecule has 0 amide bonds. The second-order valence-electron chi connectivity index (χ2n) is 10.6. The average Bonchev–Trinajstić information content (AvgIpc) is 3.20. The number of fused-ring (bicyclic) bond motifs is 1. The summed E-state index contributed by atoms with van der Waals surface area (Å²) in [4.78, 5) is 19.7. The van der Waals surface area contributed by atoms with Crippen molar-refractivity contribution in [1.29, 1.82) is 0 Å². The summed E-state index contributed by atoms with van der Waals surface area (Å²) >= 11 is 6.37. The van der Waals surface area contributed by atoms with E-state index in [9.17, 15) is 13.5 Å². The van der Waals surface area contributed by atoms with Gasteiger partial charge in [0.05, 0.1) is 38.8 Å². The summed E-state index contributed by atoms with van der Waals surface area (Å²) in [5, 5.41) is 16.9. The summed E-state index contributed by atoms with van der Waals surface area (Å²) < 4.78 is 30.7. The maximum absolute atomic E-state index is 12.0. The number of ether oxygens (including phenoxy) is 1. The molecule has 0 spiro atoms. The first-order chi connectivity index (χ1) is 20.2. The van der Waals surface area contributed by atoms with E-state index in [4.69, 9.17) is 16.3 Å². The lowest BCUT2D eigenvalue weighted by Gasteiger charge is -2.38. The normalized spacial score (nSPS) is 18.5. The predicted octanol–water partition coefficient (Wildman–Crippen LogP) is 2.86. The third-order valence-corrected chi connectivity index (χ3v) is 9.44. The fraction of sp³-hybridized carbons (Fsp3) is 0.500. The minimum absolute atomic E-state index is 0.151. The van der Waals surface area contributed by atoms with Crippen LogP contribution in [0.15, 0.2) is 36.8 Å². The van der Waals surface area contributed by atoms with E-state index in [1.165, 1.54) is 36.8 Å². The molecule has 3 aromatic rings. The average molecular weight is 617 g/mol. The van der Waals surface area contributed by atoms with Gasteiger partial charge in [0.15, 0.2) is 11.6 Å². The number of benzene rings is 1. The maximum Gasteiger partial charge on any atom is 0.233 e. The highest BCUT2D eigenvalue weighted by Gasteiger charge is 2.30. The number of aromatic nitrogens is 4. The van der Waals surface area contributed by atoms with Crippen LogP contribution in [0.3, 0.4) is 0 Å². The van der Waals surface area contributed by atoms with Crippen LogP contribution >= 0.6 is 11.6 Å². The Bertz CT molecular complexity index is 1490. The summed E-state index contributed by atoms with van der Waals surface area (Å²) in [7, 11) is -2.08. The van der Waals surface area contributed by atoms with Crippen molar-refractivity contribution in [3.63, 3.8) is 0 Å². The van der Waals surface area contributed by atoms with Crippen LogP contribution in [0, 0.1) is 5.92 Å². The summed E-state index contributed by atoms with van der Waals surface area (Å²) in [6.07, 6.45) is 9.53. The Hall–Kier alpha value is -3.10. The second-order valence-corrected chi connectivity index (χ2v) is 13.1. The molecule has 0 radical (unpaired) electrons. The van der Waals surface area contributed by atoms with Crippen molar-refractivity contribution < 1.29 is 18.3 Å². The van der Waals surface area contributed by atoms with Gasteiger partial charge < -0.3 is 20.5 Å². The minimum Gasteiger partial charge on any atom is -0.395 e. The molecule has 5 rings (SSSR count). The number of rotatable bonds is 10. The van der Waals surface area contributed by atoms with E-state index in [1.807, 2.05) is 6.07 Å². The molecule has 2 atom stereocenters. The van der Waals surface area contributed by atoms with Crippen LogP contribution in [0.5, 0.6) is 0 Å². The third kappa shape index (κ3) is 7.27. The fourth-order valence-corrected chi connectivity index (χ4v) is 6.24. The molecule has 2 aromatic heterocycles. The van der Waals surface area contributed by atoms with Crippen LogP contribution in [0.25, 0.3) is 0 Å². The number of morpholine rings is 1. The van der Waals surface area contributed by atoms with E-state index in [1.54, 1.807) is 0 Å². The molecular formula is C28H37ClN8O4S. The second kappa shape index (κ2) is 13.5. The van der Waals surface area contributed by atoms with Crippen LogP contribution in [0.1, 0.15) is 29.7 Å². The molecule has 0 saturated carbocycles. The largest absolute Gasteiger partial charge is 0.395 e. The van der Waals surface area contributed by atoms with Crippen molar-refractivity contribution in [3.8, 4) is 0 Å². The SMILES string of the molecule is CN(c1nccnc1CNc1nc(Nc2ccc3c(c2)CCC(C(CO)N2CCOCC2)CC3)ncc1Cl)S(C)(=O)=O. The Morgan fingerprint density at radius 2 is 1.88 bits per heavy atom. The first kappa shape index (κ1) is 30.4. The first-order valence-corrected chi connectivity index (χ1v) is 16.3. The van der Waals surface area contributed by atoms with Crippen molar-refractivity contribution in [1.82, 2.24) is 24.8 Å². The fourth-order valence-electron chi connectivity index (χ4n) is 5.62. The Kier molecular flexibility index (Phi) is 9.74. The van der Waals surface area contributed by atoms with Gasteiger partial charge in [-0.05, 0) is 54.9 Å². The van der Waals surface area contributed by atoms with Crippen molar-refractivity contribution in [3.05, 3.63) is 58.6 Å². The zero-order valence-electron chi connectivity index (χ0n) is 23.8. The van der Waals surface area contributed by atoms with Gasteiger partial charge in [-0.25, -0.2) is 18.4 Å². The molecule has 14 heteroatoms. The van der Waals surface area contributed by atoms with E-state index in [2.05, 4.69) is 47.6 Å². The van der Waals surface area contributed by atoms with Gasteiger partial charge >= 0.3 is 0 Å². The van der Waals surface area contributed by atoms with Crippen molar-refractivity contribution in [2.75, 3.05) is 61.2 Å². The van der Waals surface area contributed by atoms with Gasteiger partial charge in [-0.15, -0.1) is 0 Å². The van der Waals surface area contributed by atoms with Crippen LogP contribution in [-0.4, -0.2) is 90.6 Å². The highest BCUT2D eigenvalue weighted by molar-refractivity contribution is 7.92. The van der Waals surface area contributed by atoms with Crippen molar-refractivity contribution >= 4 is 44.9 Å². The number of anilines is 4. The lowest BCUT2D eigenvalue weighted by atomic mass is 9.90. The van der Waals surface area contributed by atoms with Crippen molar-refractivity contribution in [2.24, 2.45) is 5.92 Å². The number of hydrogen-bond acceptors (Lipinski definition) is 11. The number of aryl methyl sites for hydroxylation is 2. The maximum atomic E-state index is 12.0. The summed E-state index contributed by atoms with van der Waals surface area (Å²) in [6, 6.07) is 6.51. The molecule has 42 heavy (non-hydrogen) atoms. The van der Waals surface area contributed by atoms with E-state index >= 15 is 0 Å². The van der Waals surface area contributed by atoms with E-state index in [0.717, 1.165) is 68.2 Å². The van der Waals surface area contributed by atoms with Gasteiger partial charge in [-0.1, -0.05) is 17.7 Å². The standard InChI is InChI=1S/C28H37ClN8O4S/c1-36(42(2,39)40)27-24(30-9-10-31-27)17-32-26-23(29)16-33-28(35-26)34-22-8-7-19-3-4-20(5-6-21(19)15-22)25(18-38)37-11-13-41-14-12-37/h7-10,15-16,20,25,38H,3-6,11-14,17-18H2,1-2H3,(H2,32,33,34,35). The van der Waals surface area contributed by atoms with E-state index < -0.39 is 10.0 Å². The Morgan fingerprint density at radius 1 is 1.14 bits per heavy atom. The highest BCUT2D eigenvalue weighted by atomic mass is 35.5. The summed E-state index contributed by atoms with van der Waals surface area (Å²) in [6.45, 7) is 3.52. The van der Waals surface area contributed by atoms with E-state index in [0.29, 0.717) is 28.4 Å². The molecule has 1 aliphatic heterocycles. The molecule has 226 valence electrons. The van der Waals surface area contributed by atoms with Gasteiger partial charge in [0.2, 0.25) is 16.0 Å². The number of nitrogens with one attached hydrogen (secondary N) is 2. The number of sulfonamides is 1. The number of hydrogen-bond donors (Lipinski definition) is 3. The van der Waals surface area contributed by atoms with Gasteiger partial charge in [-0.2, -0.15) is 4.98 Å². The van der Waals surface area contributed by atoms with Gasteiger partial charge in [0.25, 0.3) is 0 Å². The number of aliphatic hydroxyl groups excluding tert-OH is 1. The molecule has 1 fully saturated rings. The molecule has 1 saturated heterocycles. The zero-order chi connectivity index (χ0) is 29.7. The Balaban J connectivity index is 1.25. The first-order valence-electron chi connectivity index (χ1n) is 14.0. The summed E-state index contributed by atoms with van der Waals surface area (Å²) in [5.41, 5.74) is 3.92. The molecule has 12 nitrogen and oxygen atoms in total.